The highest BCUT2D eigenvalue weighted by atomic mass is 32.1. The Morgan fingerprint density at radius 2 is 1.88 bits per heavy atom. The van der Waals surface area contributed by atoms with E-state index in [4.69, 9.17) is 4.74 Å². The molecule has 0 amide bonds. The third kappa shape index (κ3) is 2.70. The second kappa shape index (κ2) is 5.94. The predicted octanol–water partition coefficient (Wildman–Crippen LogP) is 2.98. The Labute approximate surface area is 142 Å². The molecule has 1 aromatic heterocycles. The fourth-order valence-corrected chi connectivity index (χ4v) is 3.44. The summed E-state index contributed by atoms with van der Waals surface area (Å²) < 4.78 is 5.16. The van der Waals surface area contributed by atoms with Crippen molar-refractivity contribution >= 4 is 23.5 Å². The molecule has 5 heteroatoms. The van der Waals surface area contributed by atoms with Crippen LogP contribution in [-0.4, -0.2) is 17.2 Å². The molecule has 1 N–H and O–H groups in total. The second-order valence-electron chi connectivity index (χ2n) is 5.32. The van der Waals surface area contributed by atoms with E-state index in [1.807, 2.05) is 60.7 Å². The molecule has 0 saturated heterocycles. The van der Waals surface area contributed by atoms with E-state index in [-0.39, 0.29) is 5.88 Å². The highest BCUT2D eigenvalue weighted by Crippen LogP contribution is 2.34. The Morgan fingerprint density at radius 1 is 1.08 bits per heavy atom. The van der Waals surface area contributed by atoms with E-state index in [2.05, 4.69) is 9.98 Å². The molecule has 4 rings (SSSR count). The van der Waals surface area contributed by atoms with Crippen LogP contribution in [0, 0.1) is 0 Å². The monoisotopic (exact) mass is 334 g/mol. The van der Waals surface area contributed by atoms with Gasteiger partial charge in [-0.05, 0) is 42.5 Å². The number of aromatic nitrogens is 1. The summed E-state index contributed by atoms with van der Waals surface area (Å²) in [6, 6.07) is 15.6. The lowest BCUT2D eigenvalue weighted by molar-refractivity contribution is 0.415. The summed E-state index contributed by atoms with van der Waals surface area (Å²) in [5.41, 5.74) is 1.76. The Kier molecular flexibility index (Phi) is 3.63. The summed E-state index contributed by atoms with van der Waals surface area (Å²) in [6.07, 6.45) is 3.86. The fourth-order valence-electron chi connectivity index (χ4n) is 2.53. The standard InChI is InChI=1S/C19H14N2O2S/c1-23-15-8-6-12(7-9-15)19-21-18(22)17(24-19)11-14-10-13-4-2-3-5-16(13)20-14/h2-11,22H,1H3/b14-11-. The molecule has 0 aliphatic carbocycles. The summed E-state index contributed by atoms with van der Waals surface area (Å²) in [4.78, 5) is 9.51. The molecule has 2 aromatic carbocycles. The fraction of sp³-hybridized carbons (Fsp3) is 0.0526. The predicted molar refractivity (Wildman–Crippen MR) is 95.4 cm³/mol. The van der Waals surface area contributed by atoms with Gasteiger partial charge in [0.25, 0.3) is 0 Å². The molecule has 0 bridgehead atoms. The van der Waals surface area contributed by atoms with Gasteiger partial charge in [-0.25, -0.2) is 9.98 Å². The van der Waals surface area contributed by atoms with Crippen LogP contribution in [0.1, 0.15) is 4.88 Å². The maximum absolute atomic E-state index is 10.1. The van der Waals surface area contributed by atoms with Crippen molar-refractivity contribution in [3.8, 4) is 22.2 Å². The molecule has 0 fully saturated rings. The van der Waals surface area contributed by atoms with Crippen molar-refractivity contribution in [2.75, 3.05) is 7.11 Å². The number of hydrogen-bond donors (Lipinski definition) is 1. The molecule has 24 heavy (non-hydrogen) atoms. The topological polar surface area (TPSA) is 54.7 Å². The van der Waals surface area contributed by atoms with Gasteiger partial charge in [0.15, 0.2) is 0 Å². The summed E-state index contributed by atoms with van der Waals surface area (Å²) in [5, 5.41) is 12.9. The van der Waals surface area contributed by atoms with Gasteiger partial charge in [0.2, 0.25) is 5.88 Å². The van der Waals surface area contributed by atoms with Crippen molar-refractivity contribution in [2.24, 2.45) is 4.99 Å². The van der Waals surface area contributed by atoms with Gasteiger partial charge in [-0.2, -0.15) is 0 Å². The molecule has 1 aliphatic heterocycles. The van der Waals surface area contributed by atoms with Crippen molar-refractivity contribution < 1.29 is 9.84 Å². The van der Waals surface area contributed by atoms with E-state index in [9.17, 15) is 5.11 Å². The zero-order chi connectivity index (χ0) is 16.5. The number of thiazole rings is 1. The summed E-state index contributed by atoms with van der Waals surface area (Å²) in [7, 11) is 1.63. The molecular weight excluding hydrogens is 320 g/mol. The SMILES string of the molecule is COc1ccc(-c2nc(O)c(/C=C3/C=c4ccccc4=N3)s2)cc1. The molecule has 0 radical (unpaired) electrons. The third-order valence-corrected chi connectivity index (χ3v) is 4.78. The maximum Gasteiger partial charge on any atom is 0.230 e. The molecule has 2 heterocycles. The highest BCUT2D eigenvalue weighted by molar-refractivity contribution is 7.16. The Bertz CT molecular complexity index is 1010. The van der Waals surface area contributed by atoms with Crippen LogP contribution in [0.3, 0.4) is 0 Å². The van der Waals surface area contributed by atoms with Crippen LogP contribution >= 0.6 is 11.3 Å². The highest BCUT2D eigenvalue weighted by Gasteiger charge is 2.11. The second-order valence-corrected chi connectivity index (χ2v) is 6.35. The Morgan fingerprint density at radius 3 is 2.62 bits per heavy atom. The molecule has 0 atom stereocenters. The zero-order valence-electron chi connectivity index (χ0n) is 12.9. The van der Waals surface area contributed by atoms with Gasteiger partial charge in [-0.15, -0.1) is 11.3 Å². The van der Waals surface area contributed by atoms with Gasteiger partial charge < -0.3 is 9.84 Å². The van der Waals surface area contributed by atoms with Crippen molar-refractivity contribution in [1.29, 1.82) is 0 Å². The Hall–Kier alpha value is -2.92. The number of hydrogen-bond acceptors (Lipinski definition) is 5. The van der Waals surface area contributed by atoms with E-state index in [1.54, 1.807) is 7.11 Å². The molecule has 0 unspecified atom stereocenters. The van der Waals surface area contributed by atoms with Gasteiger partial charge in [0.05, 0.1) is 23.0 Å². The van der Waals surface area contributed by atoms with Crippen LogP contribution in [0.2, 0.25) is 0 Å². The Balaban J connectivity index is 1.69. The van der Waals surface area contributed by atoms with Crippen molar-refractivity contribution in [3.63, 3.8) is 0 Å². The minimum atomic E-state index is 0.0258. The van der Waals surface area contributed by atoms with Crippen LogP contribution in [-0.2, 0) is 0 Å². The molecule has 4 nitrogen and oxygen atoms in total. The van der Waals surface area contributed by atoms with Crippen LogP contribution in [0.4, 0.5) is 0 Å². The smallest absolute Gasteiger partial charge is 0.230 e. The minimum absolute atomic E-state index is 0.0258. The number of fused-ring (bicyclic) bond motifs is 1. The number of methoxy groups -OCH3 is 1. The van der Waals surface area contributed by atoms with Crippen molar-refractivity contribution in [2.45, 2.75) is 0 Å². The first kappa shape index (κ1) is 14.7. The summed E-state index contributed by atoms with van der Waals surface area (Å²) >= 11 is 1.43. The molecular formula is C19H14N2O2S. The van der Waals surface area contributed by atoms with Crippen LogP contribution in [0.15, 0.2) is 59.2 Å². The van der Waals surface area contributed by atoms with Gasteiger partial charge in [-0.3, -0.25) is 0 Å². The molecule has 118 valence electrons. The lowest BCUT2D eigenvalue weighted by Gasteiger charge is -1.99. The number of allylic oxidation sites excluding steroid dienone is 1. The van der Waals surface area contributed by atoms with Gasteiger partial charge in [-0.1, -0.05) is 18.2 Å². The zero-order valence-corrected chi connectivity index (χ0v) is 13.7. The van der Waals surface area contributed by atoms with Crippen LogP contribution < -0.4 is 15.3 Å². The van der Waals surface area contributed by atoms with Gasteiger partial charge >= 0.3 is 0 Å². The van der Waals surface area contributed by atoms with Gasteiger partial charge in [0, 0.05) is 10.8 Å². The maximum atomic E-state index is 10.1. The first-order valence-corrected chi connectivity index (χ1v) is 8.26. The van der Waals surface area contributed by atoms with Crippen molar-refractivity contribution in [1.82, 2.24) is 4.98 Å². The number of aromatic hydroxyl groups is 1. The first-order chi connectivity index (χ1) is 11.7. The number of ether oxygens (including phenoxy) is 1. The minimum Gasteiger partial charge on any atom is -0.497 e. The van der Waals surface area contributed by atoms with Crippen LogP contribution in [0.25, 0.3) is 22.7 Å². The molecule has 3 aromatic rings. The van der Waals surface area contributed by atoms with Gasteiger partial charge in [0.1, 0.15) is 10.8 Å². The molecule has 1 aliphatic rings. The van der Waals surface area contributed by atoms with Crippen molar-refractivity contribution in [3.05, 3.63) is 69.7 Å². The number of rotatable bonds is 3. The van der Waals surface area contributed by atoms with E-state index in [0.717, 1.165) is 32.6 Å². The number of benzene rings is 2. The first-order valence-electron chi connectivity index (χ1n) is 7.44. The molecule has 0 spiro atoms. The van der Waals surface area contributed by atoms with E-state index < -0.39 is 0 Å². The largest absolute Gasteiger partial charge is 0.497 e. The average molecular weight is 334 g/mol. The number of nitrogens with zero attached hydrogens (tertiary/aromatic N) is 2. The summed E-state index contributed by atoms with van der Waals surface area (Å²) in [5.74, 6) is 0.817. The van der Waals surface area contributed by atoms with Crippen LogP contribution in [0.5, 0.6) is 11.6 Å². The van der Waals surface area contributed by atoms with E-state index >= 15 is 0 Å². The van der Waals surface area contributed by atoms with E-state index in [1.165, 1.54) is 11.3 Å². The quantitative estimate of drug-likeness (QED) is 0.801. The number of para-hydroxylation sites is 1. The lowest BCUT2D eigenvalue weighted by Crippen LogP contribution is -2.19. The lowest BCUT2D eigenvalue weighted by atomic mass is 10.2. The van der Waals surface area contributed by atoms with E-state index in [0.29, 0.717) is 4.88 Å². The summed E-state index contributed by atoms with van der Waals surface area (Å²) in [6.45, 7) is 0. The normalized spacial score (nSPS) is 14.1. The average Bonchev–Trinajstić information content (AvgIpc) is 3.18. The third-order valence-electron chi connectivity index (χ3n) is 3.74. The molecule has 0 saturated carbocycles.